The minimum Gasteiger partial charge on any atom is -0.396 e. The van der Waals surface area contributed by atoms with Crippen LogP contribution in [0.2, 0.25) is 0 Å². The molecule has 3 nitrogen and oxygen atoms in total. The number of methoxy groups -OCH3 is 1. The largest absolute Gasteiger partial charge is 0.396 e. The molecule has 1 aliphatic heterocycles. The lowest BCUT2D eigenvalue weighted by Crippen LogP contribution is -2.62. The molecule has 9 unspecified atom stereocenters. The van der Waals surface area contributed by atoms with Crippen molar-refractivity contribution in [2.24, 2.45) is 40.9 Å². The van der Waals surface area contributed by atoms with Gasteiger partial charge in [0.1, 0.15) is 5.72 Å². The molecule has 0 spiro atoms. The molecule has 2 fully saturated rings. The fourth-order valence-corrected chi connectivity index (χ4v) is 7.05. The number of piperidine rings is 1. The van der Waals surface area contributed by atoms with Crippen molar-refractivity contribution < 1.29 is 9.84 Å². The van der Waals surface area contributed by atoms with Crippen LogP contribution in [0.1, 0.15) is 106 Å². The van der Waals surface area contributed by atoms with Gasteiger partial charge in [-0.15, -0.1) is 0 Å². The monoisotopic (exact) mass is 423 g/mol. The molecule has 0 bridgehead atoms. The van der Waals surface area contributed by atoms with Crippen LogP contribution < -0.4 is 5.32 Å². The van der Waals surface area contributed by atoms with Crippen molar-refractivity contribution in [1.29, 1.82) is 0 Å². The van der Waals surface area contributed by atoms with Gasteiger partial charge < -0.3 is 9.84 Å². The Morgan fingerprint density at radius 3 is 2.30 bits per heavy atom. The maximum atomic E-state index is 9.26. The summed E-state index contributed by atoms with van der Waals surface area (Å²) in [6.07, 6.45) is 11.2. The van der Waals surface area contributed by atoms with Crippen LogP contribution in [0.15, 0.2) is 0 Å². The van der Waals surface area contributed by atoms with E-state index in [9.17, 15) is 5.11 Å². The number of aliphatic hydroxyl groups is 1. The van der Waals surface area contributed by atoms with Crippen LogP contribution in [0.3, 0.4) is 0 Å². The summed E-state index contributed by atoms with van der Waals surface area (Å²) in [6.45, 7) is 17.3. The van der Waals surface area contributed by atoms with Crippen molar-refractivity contribution in [3.05, 3.63) is 0 Å². The highest BCUT2D eigenvalue weighted by atomic mass is 16.5. The van der Waals surface area contributed by atoms with Crippen LogP contribution in [-0.2, 0) is 4.74 Å². The molecule has 0 aromatic carbocycles. The Bertz CT molecular complexity index is 511. The normalized spacial score (nSPS) is 40.7. The topological polar surface area (TPSA) is 41.5 Å². The highest BCUT2D eigenvalue weighted by Gasteiger charge is 2.50. The molecule has 1 aliphatic carbocycles. The van der Waals surface area contributed by atoms with Gasteiger partial charge in [-0.1, -0.05) is 54.4 Å². The summed E-state index contributed by atoms with van der Waals surface area (Å²) in [7, 11) is 1.93. The van der Waals surface area contributed by atoms with E-state index in [0.29, 0.717) is 35.8 Å². The molecule has 0 aromatic heterocycles. The number of hydrogen-bond acceptors (Lipinski definition) is 3. The van der Waals surface area contributed by atoms with E-state index >= 15 is 0 Å². The molecule has 0 aromatic rings. The number of aliphatic hydroxyl groups excluding tert-OH is 1. The molecule has 3 heteroatoms. The average Bonchev–Trinajstić information content (AvgIpc) is 2.71. The van der Waals surface area contributed by atoms with Gasteiger partial charge in [0.05, 0.1) is 0 Å². The molecule has 1 saturated heterocycles. The van der Waals surface area contributed by atoms with Crippen molar-refractivity contribution in [2.45, 2.75) is 118 Å². The van der Waals surface area contributed by atoms with E-state index in [2.05, 4.69) is 53.8 Å². The zero-order valence-corrected chi connectivity index (χ0v) is 21.5. The minimum absolute atomic E-state index is 0.177. The van der Waals surface area contributed by atoms with Crippen molar-refractivity contribution in [1.82, 2.24) is 5.32 Å². The Labute approximate surface area is 188 Å². The summed E-state index contributed by atoms with van der Waals surface area (Å²) >= 11 is 0. The molecule has 178 valence electrons. The summed E-state index contributed by atoms with van der Waals surface area (Å²) in [5.74, 6) is 4.20. The van der Waals surface area contributed by atoms with E-state index in [1.165, 1.54) is 44.9 Å². The zero-order valence-electron chi connectivity index (χ0n) is 21.5. The third-order valence-electron chi connectivity index (χ3n) is 9.69. The molecule has 1 saturated carbocycles. The molecule has 9 atom stereocenters. The van der Waals surface area contributed by atoms with Crippen LogP contribution in [0.4, 0.5) is 0 Å². The van der Waals surface area contributed by atoms with Gasteiger partial charge >= 0.3 is 0 Å². The van der Waals surface area contributed by atoms with Gasteiger partial charge in [0.15, 0.2) is 0 Å². The van der Waals surface area contributed by atoms with Gasteiger partial charge in [-0.2, -0.15) is 0 Å². The Morgan fingerprint density at radius 1 is 1.07 bits per heavy atom. The maximum absolute atomic E-state index is 9.26. The summed E-state index contributed by atoms with van der Waals surface area (Å²) in [4.78, 5) is 0. The Morgan fingerprint density at radius 2 is 1.73 bits per heavy atom. The summed E-state index contributed by atoms with van der Waals surface area (Å²) in [5.41, 5.74) is 0.217. The molecular formula is C27H53NO2. The van der Waals surface area contributed by atoms with Gasteiger partial charge in [0.25, 0.3) is 0 Å². The van der Waals surface area contributed by atoms with Crippen molar-refractivity contribution in [3.8, 4) is 0 Å². The van der Waals surface area contributed by atoms with Crippen LogP contribution in [0, 0.1) is 40.9 Å². The smallest absolute Gasteiger partial charge is 0.121 e. The second kappa shape index (κ2) is 11.1. The Balaban J connectivity index is 2.14. The fourth-order valence-electron chi connectivity index (χ4n) is 7.05. The minimum atomic E-state index is -0.177. The van der Waals surface area contributed by atoms with Gasteiger partial charge in [-0.05, 0) is 86.9 Å². The molecule has 0 radical (unpaired) electrons. The molecule has 30 heavy (non-hydrogen) atoms. The van der Waals surface area contributed by atoms with Gasteiger partial charge in [0.2, 0.25) is 0 Å². The molecule has 1 heterocycles. The van der Waals surface area contributed by atoms with Crippen molar-refractivity contribution in [2.75, 3.05) is 13.7 Å². The van der Waals surface area contributed by atoms with E-state index in [0.717, 1.165) is 30.6 Å². The maximum Gasteiger partial charge on any atom is 0.121 e. The lowest BCUT2D eigenvalue weighted by molar-refractivity contribution is -0.150. The Kier molecular flexibility index (Phi) is 9.71. The second-order valence-corrected chi connectivity index (χ2v) is 11.7. The summed E-state index contributed by atoms with van der Waals surface area (Å²) < 4.78 is 6.30. The van der Waals surface area contributed by atoms with Crippen LogP contribution >= 0.6 is 0 Å². The number of rotatable bonds is 10. The lowest BCUT2D eigenvalue weighted by atomic mass is 9.55. The average molecular weight is 424 g/mol. The molecule has 0 amide bonds. The molecule has 2 N–H and O–H groups in total. The number of nitrogens with one attached hydrogen (secondary N) is 1. The van der Waals surface area contributed by atoms with E-state index in [4.69, 9.17) is 4.74 Å². The van der Waals surface area contributed by atoms with E-state index in [1.54, 1.807) is 0 Å². The van der Waals surface area contributed by atoms with Crippen LogP contribution in [0.25, 0.3) is 0 Å². The van der Waals surface area contributed by atoms with Crippen molar-refractivity contribution >= 4 is 0 Å². The number of ether oxygens (including phenoxy) is 1. The second-order valence-electron chi connectivity index (χ2n) is 11.7. The Hall–Kier alpha value is -0.120. The SMILES string of the molecule is CCC(C(C)C1(OC)CCC(C)C(C)N1)C1(C)CCC(C)C(CCC(C)CCO)C1. The first-order chi connectivity index (χ1) is 14.1. The van der Waals surface area contributed by atoms with E-state index < -0.39 is 0 Å². The quantitative estimate of drug-likeness (QED) is 0.414. The van der Waals surface area contributed by atoms with E-state index in [1.807, 2.05) is 7.11 Å². The first-order valence-corrected chi connectivity index (χ1v) is 13.1. The lowest BCUT2D eigenvalue weighted by Gasteiger charge is -2.54. The summed E-state index contributed by atoms with van der Waals surface area (Å²) in [5, 5.41) is 13.2. The fraction of sp³-hybridized carbons (Fsp3) is 1.00. The standard InChI is InChI=1S/C27H53NO2/c1-9-25(22(5)27(30-8)16-13-20(3)23(6)28-27)26(7)15-12-21(4)24(18-26)11-10-19(2)14-17-29/h19-25,28-29H,9-18H2,1-8H3. The van der Waals surface area contributed by atoms with Gasteiger partial charge in [-0.3, -0.25) is 5.32 Å². The van der Waals surface area contributed by atoms with E-state index in [-0.39, 0.29) is 5.72 Å². The highest BCUT2D eigenvalue weighted by Crippen LogP contribution is 2.54. The predicted octanol–water partition coefficient (Wildman–Crippen LogP) is 6.64. The predicted molar refractivity (Wildman–Crippen MR) is 128 cm³/mol. The number of hydrogen-bond donors (Lipinski definition) is 2. The first-order valence-electron chi connectivity index (χ1n) is 13.1. The molecular weight excluding hydrogens is 370 g/mol. The first kappa shape index (κ1) is 26.1. The van der Waals surface area contributed by atoms with Gasteiger partial charge in [0, 0.05) is 25.7 Å². The third-order valence-corrected chi connectivity index (χ3v) is 9.69. The van der Waals surface area contributed by atoms with Crippen LogP contribution in [-0.4, -0.2) is 30.6 Å². The van der Waals surface area contributed by atoms with Crippen LogP contribution in [0.5, 0.6) is 0 Å². The van der Waals surface area contributed by atoms with Crippen molar-refractivity contribution in [3.63, 3.8) is 0 Å². The highest BCUT2D eigenvalue weighted by molar-refractivity contribution is 5.00. The molecule has 2 rings (SSSR count). The zero-order chi connectivity index (χ0) is 22.5. The third kappa shape index (κ3) is 5.81. The van der Waals surface area contributed by atoms with Gasteiger partial charge in [-0.25, -0.2) is 0 Å². The molecule has 2 aliphatic rings. The summed E-state index contributed by atoms with van der Waals surface area (Å²) in [6, 6.07) is 0.513.